The maximum Gasteiger partial charge on any atom is 0.0346 e. The van der Waals surface area contributed by atoms with Crippen molar-refractivity contribution in [3.63, 3.8) is 0 Å². The molecule has 0 bridgehead atoms. The van der Waals surface area contributed by atoms with Gasteiger partial charge in [0, 0.05) is 18.0 Å². The van der Waals surface area contributed by atoms with E-state index in [2.05, 4.69) is 17.6 Å². The van der Waals surface area contributed by atoms with Crippen LogP contribution in [0.5, 0.6) is 0 Å². The molecule has 0 fully saturated rings. The first-order valence-electron chi connectivity index (χ1n) is 2.37. The lowest BCUT2D eigenvalue weighted by atomic mass is 10.3. The van der Waals surface area contributed by atoms with Crippen LogP contribution < -0.4 is 0 Å². The molecule has 1 nitrogen and oxygen atoms in total. The Morgan fingerprint density at radius 2 is 2.62 bits per heavy atom. The number of rotatable bonds is 1. The van der Waals surface area contributed by atoms with Gasteiger partial charge in [-0.1, -0.05) is 12.7 Å². The third-order valence-corrected chi connectivity index (χ3v) is 0.844. The van der Waals surface area contributed by atoms with Crippen molar-refractivity contribution >= 4 is 6.08 Å². The Morgan fingerprint density at radius 1 is 1.75 bits per heavy atom. The van der Waals surface area contributed by atoms with E-state index in [1.807, 2.05) is 0 Å². The highest BCUT2D eigenvalue weighted by Gasteiger charge is 1.78. The van der Waals surface area contributed by atoms with Gasteiger partial charge in [-0.15, -0.1) is 0 Å². The van der Waals surface area contributed by atoms with Gasteiger partial charge < -0.3 is 0 Å². The van der Waals surface area contributed by atoms with Crippen LogP contribution in [0.25, 0.3) is 6.08 Å². The number of aromatic nitrogens is 1. The molecule has 0 aromatic carbocycles. The van der Waals surface area contributed by atoms with E-state index >= 15 is 0 Å². The number of hydrogen-bond donors (Lipinski definition) is 0. The molecule has 1 radical (unpaired) electrons. The molecule has 1 aromatic rings. The van der Waals surface area contributed by atoms with Crippen molar-refractivity contribution in [2.45, 2.75) is 0 Å². The Labute approximate surface area is 48.7 Å². The topological polar surface area (TPSA) is 12.9 Å². The minimum absolute atomic E-state index is 0.938. The second-order valence-corrected chi connectivity index (χ2v) is 1.40. The van der Waals surface area contributed by atoms with Gasteiger partial charge in [-0.3, -0.25) is 4.98 Å². The molecule has 0 aliphatic heterocycles. The van der Waals surface area contributed by atoms with Crippen LogP contribution >= 0.6 is 0 Å². The molecule has 0 atom stereocenters. The summed E-state index contributed by atoms with van der Waals surface area (Å²) in [4.78, 5) is 3.85. The van der Waals surface area contributed by atoms with Crippen LogP contribution in [0, 0.1) is 6.07 Å². The lowest BCUT2D eigenvalue weighted by Gasteiger charge is -1.83. The molecule has 8 heavy (non-hydrogen) atoms. The summed E-state index contributed by atoms with van der Waals surface area (Å²) in [5.74, 6) is 0. The number of hydrogen-bond acceptors (Lipinski definition) is 1. The first-order valence-corrected chi connectivity index (χ1v) is 2.37. The lowest BCUT2D eigenvalue weighted by Crippen LogP contribution is -1.71. The van der Waals surface area contributed by atoms with Crippen LogP contribution in [0.3, 0.4) is 0 Å². The Kier molecular flexibility index (Phi) is 1.42. The van der Waals surface area contributed by atoms with Gasteiger partial charge in [0.25, 0.3) is 0 Å². The van der Waals surface area contributed by atoms with Crippen molar-refractivity contribution in [3.8, 4) is 0 Å². The van der Waals surface area contributed by atoms with Crippen molar-refractivity contribution in [1.82, 2.24) is 4.98 Å². The standard InChI is InChI=1S/C7H6N/c1-2-7-4-3-5-8-6-7/h2-3,5-6H,1H2. The average Bonchev–Trinajstić information content (AvgIpc) is 1.90. The van der Waals surface area contributed by atoms with Crippen LogP contribution in [0.15, 0.2) is 25.0 Å². The zero-order valence-electron chi connectivity index (χ0n) is 4.46. The molecule has 0 unspecified atom stereocenters. The predicted octanol–water partition coefficient (Wildman–Crippen LogP) is 1.52. The fourth-order valence-corrected chi connectivity index (χ4v) is 0.449. The van der Waals surface area contributed by atoms with E-state index in [0.717, 1.165) is 5.56 Å². The third-order valence-electron chi connectivity index (χ3n) is 0.844. The second-order valence-electron chi connectivity index (χ2n) is 1.40. The molecule has 1 aromatic heterocycles. The largest absolute Gasteiger partial charge is 0.264 e. The summed E-state index contributed by atoms with van der Waals surface area (Å²) in [6.45, 7) is 3.56. The first kappa shape index (κ1) is 5.04. The molecule has 0 saturated heterocycles. The van der Waals surface area contributed by atoms with Gasteiger partial charge in [0.1, 0.15) is 0 Å². The van der Waals surface area contributed by atoms with E-state index < -0.39 is 0 Å². The van der Waals surface area contributed by atoms with E-state index in [1.165, 1.54) is 0 Å². The molecule has 1 rings (SSSR count). The van der Waals surface area contributed by atoms with E-state index in [1.54, 1.807) is 24.5 Å². The third kappa shape index (κ3) is 0.936. The van der Waals surface area contributed by atoms with Crippen LogP contribution in [0.2, 0.25) is 0 Å². The summed E-state index contributed by atoms with van der Waals surface area (Å²) in [6.07, 6.45) is 5.12. The van der Waals surface area contributed by atoms with Crippen molar-refractivity contribution in [2.24, 2.45) is 0 Å². The van der Waals surface area contributed by atoms with Crippen LogP contribution in [0.4, 0.5) is 0 Å². The summed E-state index contributed by atoms with van der Waals surface area (Å²) in [5.41, 5.74) is 0.938. The summed E-state index contributed by atoms with van der Waals surface area (Å²) >= 11 is 0. The summed E-state index contributed by atoms with van der Waals surface area (Å²) in [7, 11) is 0. The van der Waals surface area contributed by atoms with Gasteiger partial charge in [0.05, 0.1) is 0 Å². The van der Waals surface area contributed by atoms with Gasteiger partial charge in [-0.25, -0.2) is 0 Å². The Morgan fingerprint density at radius 3 is 3.00 bits per heavy atom. The molecule has 0 amide bonds. The monoisotopic (exact) mass is 104 g/mol. The summed E-state index contributed by atoms with van der Waals surface area (Å²) < 4.78 is 0. The molecule has 0 saturated carbocycles. The molecule has 0 aliphatic rings. The minimum atomic E-state index is 0.938. The van der Waals surface area contributed by atoms with Crippen LogP contribution in [-0.4, -0.2) is 4.98 Å². The van der Waals surface area contributed by atoms with Gasteiger partial charge >= 0.3 is 0 Å². The van der Waals surface area contributed by atoms with Crippen molar-refractivity contribution in [2.75, 3.05) is 0 Å². The van der Waals surface area contributed by atoms with Crippen molar-refractivity contribution < 1.29 is 0 Å². The van der Waals surface area contributed by atoms with Crippen molar-refractivity contribution in [1.29, 1.82) is 0 Å². The minimum Gasteiger partial charge on any atom is -0.264 e. The molecule has 39 valence electrons. The lowest BCUT2D eigenvalue weighted by molar-refractivity contribution is 1.31. The Bertz CT molecular complexity index is 167. The average molecular weight is 104 g/mol. The molecule has 1 heteroatoms. The maximum atomic E-state index is 3.85. The van der Waals surface area contributed by atoms with E-state index in [9.17, 15) is 0 Å². The van der Waals surface area contributed by atoms with E-state index in [-0.39, 0.29) is 0 Å². The highest BCUT2D eigenvalue weighted by molar-refractivity contribution is 5.43. The highest BCUT2D eigenvalue weighted by atomic mass is 14.6. The molecule has 0 spiro atoms. The molecule has 0 N–H and O–H groups in total. The summed E-state index contributed by atoms with van der Waals surface area (Å²) in [6, 6.07) is 4.70. The maximum absolute atomic E-state index is 3.85. The van der Waals surface area contributed by atoms with E-state index in [4.69, 9.17) is 0 Å². The quantitative estimate of drug-likeness (QED) is 0.526. The van der Waals surface area contributed by atoms with Crippen molar-refractivity contribution in [3.05, 3.63) is 36.7 Å². The number of nitrogens with zero attached hydrogens (tertiary/aromatic N) is 1. The number of pyridine rings is 1. The molecular weight excluding hydrogens is 98.1 g/mol. The second kappa shape index (κ2) is 2.26. The molecular formula is C7H6N. The van der Waals surface area contributed by atoms with Gasteiger partial charge in [-0.05, 0) is 12.1 Å². The fraction of sp³-hybridized carbons (Fsp3) is 0. The Balaban J connectivity index is 2.99. The zero-order chi connectivity index (χ0) is 5.82. The fourth-order valence-electron chi connectivity index (χ4n) is 0.449. The summed E-state index contributed by atoms with van der Waals surface area (Å²) in [5, 5.41) is 0. The normalized spacial score (nSPS) is 8.50. The predicted molar refractivity (Wildman–Crippen MR) is 33.2 cm³/mol. The van der Waals surface area contributed by atoms with Gasteiger partial charge in [0.2, 0.25) is 0 Å². The van der Waals surface area contributed by atoms with Gasteiger partial charge in [-0.2, -0.15) is 0 Å². The van der Waals surface area contributed by atoms with Crippen LogP contribution in [0.1, 0.15) is 5.56 Å². The van der Waals surface area contributed by atoms with E-state index in [0.29, 0.717) is 0 Å². The van der Waals surface area contributed by atoms with Crippen LogP contribution in [-0.2, 0) is 0 Å². The Hall–Kier alpha value is -1.11. The SMILES string of the molecule is C=Cc1[c]ccnc1. The smallest absolute Gasteiger partial charge is 0.0346 e. The molecule has 0 aliphatic carbocycles. The first-order chi connectivity index (χ1) is 3.93. The zero-order valence-corrected chi connectivity index (χ0v) is 4.46. The van der Waals surface area contributed by atoms with Gasteiger partial charge in [0.15, 0.2) is 0 Å². The highest BCUT2D eigenvalue weighted by Crippen LogP contribution is 1.93. The molecule has 1 heterocycles.